The third-order valence-corrected chi connectivity index (χ3v) is 5.14. The van der Waals surface area contributed by atoms with Crippen LogP contribution >= 0.6 is 0 Å². The van der Waals surface area contributed by atoms with Crippen molar-refractivity contribution in [2.75, 3.05) is 46.0 Å². The first-order valence-electron chi connectivity index (χ1n) is 9.54. The second-order valence-electron chi connectivity index (χ2n) is 6.99. The van der Waals surface area contributed by atoms with Gasteiger partial charge in [0.15, 0.2) is 0 Å². The summed E-state index contributed by atoms with van der Waals surface area (Å²) < 4.78 is 13.1. The molecule has 0 radical (unpaired) electrons. The number of carbonyl (C=O) groups is 1. The summed E-state index contributed by atoms with van der Waals surface area (Å²) >= 11 is 0. The molecule has 1 aromatic heterocycles. The topological polar surface area (TPSA) is 59.8 Å². The van der Waals surface area contributed by atoms with Crippen molar-refractivity contribution in [2.45, 2.75) is 19.2 Å². The molecule has 0 bridgehead atoms. The number of rotatable bonds is 6. The highest BCUT2D eigenvalue weighted by Gasteiger charge is 2.34. The molecule has 2 aromatic rings. The predicted octanol–water partition coefficient (Wildman–Crippen LogP) is 1.32. The van der Waals surface area contributed by atoms with Crippen LogP contribution in [0.25, 0.3) is 0 Å². The van der Waals surface area contributed by atoms with E-state index in [1.165, 1.54) is 5.56 Å². The highest BCUT2D eigenvalue weighted by molar-refractivity contribution is 5.81. The molecule has 1 saturated heterocycles. The standard InChI is InChI=1S/C20H26N4O3/c25-20(23-9-12-26-13-10-23)19-15-22(14-18-6-7-21-24(18)19)8-11-27-16-17-4-2-1-3-5-17/h1-7,19H,8-16H2. The second kappa shape index (κ2) is 8.65. The van der Waals surface area contributed by atoms with Gasteiger partial charge in [-0.05, 0) is 11.6 Å². The summed E-state index contributed by atoms with van der Waals surface area (Å²) in [6.07, 6.45) is 1.78. The van der Waals surface area contributed by atoms with Crippen LogP contribution in [-0.4, -0.2) is 71.5 Å². The van der Waals surface area contributed by atoms with Crippen LogP contribution in [0.2, 0.25) is 0 Å². The van der Waals surface area contributed by atoms with Gasteiger partial charge in [0.1, 0.15) is 6.04 Å². The van der Waals surface area contributed by atoms with Crippen LogP contribution < -0.4 is 0 Å². The minimum Gasteiger partial charge on any atom is -0.378 e. The maximum absolute atomic E-state index is 13.0. The van der Waals surface area contributed by atoms with Crippen LogP contribution in [0.4, 0.5) is 0 Å². The molecule has 2 aliphatic rings. The van der Waals surface area contributed by atoms with Crippen LogP contribution in [0.15, 0.2) is 42.6 Å². The molecular formula is C20H26N4O3. The Balaban J connectivity index is 1.34. The maximum atomic E-state index is 13.0. The number of benzene rings is 1. The number of amides is 1. The van der Waals surface area contributed by atoms with Crippen LogP contribution in [0.1, 0.15) is 17.3 Å². The van der Waals surface area contributed by atoms with Gasteiger partial charge < -0.3 is 14.4 Å². The fourth-order valence-electron chi connectivity index (χ4n) is 3.67. The van der Waals surface area contributed by atoms with E-state index in [4.69, 9.17) is 9.47 Å². The van der Waals surface area contributed by atoms with E-state index in [9.17, 15) is 4.79 Å². The summed E-state index contributed by atoms with van der Waals surface area (Å²) in [5.41, 5.74) is 2.26. The van der Waals surface area contributed by atoms with E-state index in [0.717, 1.165) is 18.8 Å². The molecule has 1 unspecified atom stereocenters. The fraction of sp³-hybridized carbons (Fsp3) is 0.500. The van der Waals surface area contributed by atoms with Crippen molar-refractivity contribution >= 4 is 5.91 Å². The molecule has 1 fully saturated rings. The number of aromatic nitrogens is 2. The normalized spacial score (nSPS) is 20.4. The number of ether oxygens (including phenoxy) is 2. The molecule has 7 heteroatoms. The molecule has 0 N–H and O–H groups in total. The van der Waals surface area contributed by atoms with Gasteiger partial charge in [0, 0.05) is 38.9 Å². The predicted molar refractivity (Wildman–Crippen MR) is 100 cm³/mol. The van der Waals surface area contributed by atoms with Crippen LogP contribution in [-0.2, 0) is 27.4 Å². The largest absolute Gasteiger partial charge is 0.378 e. The lowest BCUT2D eigenvalue weighted by atomic mass is 10.1. The van der Waals surface area contributed by atoms with Crippen LogP contribution in [0.3, 0.4) is 0 Å². The Kier molecular flexibility index (Phi) is 5.81. The van der Waals surface area contributed by atoms with Crippen molar-refractivity contribution in [1.29, 1.82) is 0 Å². The van der Waals surface area contributed by atoms with E-state index in [1.54, 1.807) is 6.20 Å². The molecule has 1 atom stereocenters. The zero-order chi connectivity index (χ0) is 18.5. The molecule has 27 heavy (non-hydrogen) atoms. The number of carbonyl (C=O) groups excluding carboxylic acids is 1. The molecule has 2 aliphatic heterocycles. The summed E-state index contributed by atoms with van der Waals surface area (Å²) in [4.78, 5) is 17.2. The van der Waals surface area contributed by atoms with Crippen molar-refractivity contribution in [2.24, 2.45) is 0 Å². The minimum absolute atomic E-state index is 0.137. The Morgan fingerprint density at radius 3 is 2.81 bits per heavy atom. The Labute approximate surface area is 159 Å². The van der Waals surface area contributed by atoms with Crippen LogP contribution in [0.5, 0.6) is 0 Å². The van der Waals surface area contributed by atoms with Gasteiger partial charge >= 0.3 is 0 Å². The number of hydrogen-bond donors (Lipinski definition) is 0. The SMILES string of the molecule is O=C(C1CN(CCOCc2ccccc2)Cc2ccnn21)N1CCOCC1. The lowest BCUT2D eigenvalue weighted by Gasteiger charge is -2.36. The lowest BCUT2D eigenvalue weighted by Crippen LogP contribution is -2.50. The smallest absolute Gasteiger partial charge is 0.248 e. The molecule has 4 rings (SSSR count). The monoisotopic (exact) mass is 370 g/mol. The zero-order valence-electron chi connectivity index (χ0n) is 15.5. The highest BCUT2D eigenvalue weighted by atomic mass is 16.5. The summed E-state index contributed by atoms with van der Waals surface area (Å²) in [6.45, 7) is 6.05. The average molecular weight is 370 g/mol. The number of morpholine rings is 1. The number of nitrogens with zero attached hydrogens (tertiary/aromatic N) is 4. The molecule has 0 aliphatic carbocycles. The van der Waals surface area contributed by atoms with E-state index < -0.39 is 0 Å². The van der Waals surface area contributed by atoms with Gasteiger partial charge in [0.05, 0.1) is 32.1 Å². The van der Waals surface area contributed by atoms with E-state index in [-0.39, 0.29) is 11.9 Å². The molecule has 0 saturated carbocycles. The molecule has 0 spiro atoms. The van der Waals surface area contributed by atoms with Crippen molar-refractivity contribution in [1.82, 2.24) is 19.6 Å². The number of fused-ring (bicyclic) bond motifs is 1. The van der Waals surface area contributed by atoms with E-state index in [1.807, 2.05) is 33.8 Å². The fourth-order valence-corrected chi connectivity index (χ4v) is 3.67. The van der Waals surface area contributed by atoms with E-state index in [0.29, 0.717) is 46.1 Å². The summed E-state index contributed by atoms with van der Waals surface area (Å²) in [5, 5.41) is 4.40. The molecule has 1 aromatic carbocycles. The maximum Gasteiger partial charge on any atom is 0.248 e. The van der Waals surface area contributed by atoms with Gasteiger partial charge in [-0.3, -0.25) is 14.4 Å². The summed E-state index contributed by atoms with van der Waals surface area (Å²) in [7, 11) is 0. The Morgan fingerprint density at radius 1 is 1.19 bits per heavy atom. The van der Waals surface area contributed by atoms with Gasteiger partial charge in [-0.15, -0.1) is 0 Å². The van der Waals surface area contributed by atoms with Gasteiger partial charge in [-0.2, -0.15) is 5.10 Å². The third-order valence-electron chi connectivity index (χ3n) is 5.14. The molecule has 3 heterocycles. The van der Waals surface area contributed by atoms with Crippen molar-refractivity contribution in [3.63, 3.8) is 0 Å². The van der Waals surface area contributed by atoms with Crippen LogP contribution in [0, 0.1) is 0 Å². The lowest BCUT2D eigenvalue weighted by molar-refractivity contribution is -0.140. The van der Waals surface area contributed by atoms with Crippen molar-refractivity contribution in [3.05, 3.63) is 53.9 Å². The highest BCUT2D eigenvalue weighted by Crippen LogP contribution is 2.22. The van der Waals surface area contributed by atoms with Crippen molar-refractivity contribution < 1.29 is 14.3 Å². The van der Waals surface area contributed by atoms with E-state index in [2.05, 4.69) is 22.1 Å². The summed E-state index contributed by atoms with van der Waals surface area (Å²) in [6, 6.07) is 11.9. The number of hydrogen-bond acceptors (Lipinski definition) is 5. The molecule has 7 nitrogen and oxygen atoms in total. The first-order chi connectivity index (χ1) is 13.3. The summed E-state index contributed by atoms with van der Waals surface area (Å²) in [5.74, 6) is 0.137. The van der Waals surface area contributed by atoms with Crippen molar-refractivity contribution in [3.8, 4) is 0 Å². The third kappa shape index (κ3) is 4.37. The molecule has 1 amide bonds. The van der Waals surface area contributed by atoms with Gasteiger partial charge in [0.25, 0.3) is 0 Å². The first-order valence-corrected chi connectivity index (χ1v) is 9.54. The Bertz CT molecular complexity index is 743. The van der Waals surface area contributed by atoms with E-state index >= 15 is 0 Å². The minimum atomic E-state index is -0.268. The average Bonchev–Trinajstić information content (AvgIpc) is 3.20. The molecular weight excluding hydrogens is 344 g/mol. The Hall–Kier alpha value is -2.22. The molecule has 144 valence electrons. The van der Waals surface area contributed by atoms with Gasteiger partial charge in [-0.1, -0.05) is 30.3 Å². The van der Waals surface area contributed by atoms with Gasteiger partial charge in [-0.25, -0.2) is 0 Å². The van der Waals surface area contributed by atoms with Gasteiger partial charge in [0.2, 0.25) is 5.91 Å². The second-order valence-corrected chi connectivity index (χ2v) is 6.99. The first kappa shape index (κ1) is 18.2. The quantitative estimate of drug-likeness (QED) is 0.718. The Morgan fingerprint density at radius 2 is 2.00 bits per heavy atom. The zero-order valence-corrected chi connectivity index (χ0v) is 15.5.